The van der Waals surface area contributed by atoms with Gasteiger partial charge in [0.2, 0.25) is 5.91 Å². The Kier molecular flexibility index (Phi) is 5.31. The number of hydrogen-bond donors (Lipinski definition) is 1. The molecular formula is C20H22F2N2O. The molecule has 2 aromatic carbocycles. The summed E-state index contributed by atoms with van der Waals surface area (Å²) in [5.41, 5.74) is 2.15. The third-order valence-electron chi connectivity index (χ3n) is 4.61. The van der Waals surface area contributed by atoms with E-state index in [9.17, 15) is 13.6 Å². The van der Waals surface area contributed by atoms with Crippen molar-refractivity contribution in [1.29, 1.82) is 0 Å². The van der Waals surface area contributed by atoms with Crippen molar-refractivity contribution in [3.63, 3.8) is 0 Å². The van der Waals surface area contributed by atoms with E-state index in [1.807, 2.05) is 37.3 Å². The van der Waals surface area contributed by atoms with Gasteiger partial charge in [-0.1, -0.05) is 37.3 Å². The number of aryl methyl sites for hydroxylation is 1. The van der Waals surface area contributed by atoms with Crippen LogP contribution in [0.3, 0.4) is 0 Å². The molecule has 1 aliphatic heterocycles. The van der Waals surface area contributed by atoms with Crippen molar-refractivity contribution in [2.75, 3.05) is 24.5 Å². The Bertz CT molecular complexity index is 749. The molecule has 0 bridgehead atoms. The minimum absolute atomic E-state index is 0.0804. The summed E-state index contributed by atoms with van der Waals surface area (Å²) >= 11 is 0. The molecule has 0 spiro atoms. The van der Waals surface area contributed by atoms with Gasteiger partial charge in [-0.25, -0.2) is 8.78 Å². The Morgan fingerprint density at radius 2 is 2.00 bits per heavy atom. The normalized spacial score (nSPS) is 14.8. The number of carbonyl (C=O) groups excluding carboxylic acids is 1. The molecule has 5 heteroatoms. The van der Waals surface area contributed by atoms with E-state index in [4.69, 9.17) is 0 Å². The number of nitrogens with one attached hydrogen (secondary N) is 1. The van der Waals surface area contributed by atoms with Gasteiger partial charge in [0.1, 0.15) is 11.6 Å². The van der Waals surface area contributed by atoms with Gasteiger partial charge >= 0.3 is 0 Å². The van der Waals surface area contributed by atoms with Gasteiger partial charge in [-0.2, -0.15) is 0 Å². The van der Waals surface area contributed by atoms with Crippen molar-refractivity contribution in [3.8, 4) is 0 Å². The fraction of sp³-hybridized carbons (Fsp3) is 0.350. The van der Waals surface area contributed by atoms with Gasteiger partial charge < -0.3 is 10.2 Å². The first-order chi connectivity index (χ1) is 12.0. The number of hydrogen-bond acceptors (Lipinski definition) is 2. The highest BCUT2D eigenvalue weighted by molar-refractivity contribution is 5.82. The van der Waals surface area contributed by atoms with E-state index in [0.29, 0.717) is 30.8 Å². The smallest absolute Gasteiger partial charge is 0.239 e. The molecule has 0 unspecified atom stereocenters. The monoisotopic (exact) mass is 344 g/mol. The lowest BCUT2D eigenvalue weighted by atomic mass is 10.0. The summed E-state index contributed by atoms with van der Waals surface area (Å²) in [4.78, 5) is 14.0. The fourth-order valence-corrected chi connectivity index (χ4v) is 3.29. The number of fused-ring (bicyclic) bond motifs is 1. The summed E-state index contributed by atoms with van der Waals surface area (Å²) < 4.78 is 27.5. The zero-order valence-corrected chi connectivity index (χ0v) is 14.3. The highest BCUT2D eigenvalue weighted by atomic mass is 19.1. The van der Waals surface area contributed by atoms with Crippen LogP contribution in [0.4, 0.5) is 14.5 Å². The number of carbonyl (C=O) groups is 1. The second kappa shape index (κ2) is 7.64. The number of rotatable bonds is 5. The minimum Gasteiger partial charge on any atom is -0.360 e. The molecule has 0 fully saturated rings. The van der Waals surface area contributed by atoms with E-state index < -0.39 is 11.6 Å². The van der Waals surface area contributed by atoms with Gasteiger partial charge in [0.05, 0.1) is 12.2 Å². The average Bonchev–Trinajstić information content (AvgIpc) is 2.60. The maximum absolute atomic E-state index is 14.2. The van der Waals surface area contributed by atoms with E-state index in [2.05, 4.69) is 5.32 Å². The Labute approximate surface area is 146 Å². The first-order valence-electron chi connectivity index (χ1n) is 8.59. The van der Waals surface area contributed by atoms with Crippen molar-refractivity contribution in [3.05, 3.63) is 65.2 Å². The number of benzene rings is 2. The van der Waals surface area contributed by atoms with Gasteiger partial charge in [0.25, 0.3) is 0 Å². The van der Waals surface area contributed by atoms with Crippen LogP contribution >= 0.6 is 0 Å². The molecule has 1 N–H and O–H groups in total. The van der Waals surface area contributed by atoms with Crippen LogP contribution in [0.25, 0.3) is 0 Å². The zero-order chi connectivity index (χ0) is 17.8. The van der Waals surface area contributed by atoms with Crippen LogP contribution in [0.2, 0.25) is 0 Å². The molecule has 1 heterocycles. The predicted octanol–water partition coefficient (Wildman–Crippen LogP) is 3.64. The number of nitrogens with zero attached hydrogens (tertiary/aromatic N) is 1. The van der Waals surface area contributed by atoms with Crippen LogP contribution in [0.5, 0.6) is 0 Å². The lowest BCUT2D eigenvalue weighted by molar-refractivity contribution is -0.119. The lowest BCUT2D eigenvalue weighted by Crippen LogP contribution is -2.41. The summed E-state index contributed by atoms with van der Waals surface area (Å²) in [7, 11) is 0. The van der Waals surface area contributed by atoms with Crippen LogP contribution in [-0.2, 0) is 11.2 Å². The van der Waals surface area contributed by atoms with Crippen molar-refractivity contribution >= 4 is 11.6 Å². The van der Waals surface area contributed by atoms with Crippen molar-refractivity contribution in [2.24, 2.45) is 0 Å². The minimum atomic E-state index is -0.597. The molecule has 3 rings (SSSR count). The predicted molar refractivity (Wildman–Crippen MR) is 94.8 cm³/mol. The van der Waals surface area contributed by atoms with Gasteiger partial charge in [-0.15, -0.1) is 0 Å². The molecule has 2 aromatic rings. The first-order valence-corrected chi connectivity index (χ1v) is 8.59. The Morgan fingerprint density at radius 1 is 1.24 bits per heavy atom. The van der Waals surface area contributed by atoms with E-state index in [0.717, 1.165) is 18.1 Å². The Hall–Kier alpha value is -2.43. The van der Waals surface area contributed by atoms with E-state index in [-0.39, 0.29) is 18.4 Å². The molecular weight excluding hydrogens is 322 g/mol. The molecule has 1 aliphatic rings. The molecule has 1 amide bonds. The van der Waals surface area contributed by atoms with Crippen LogP contribution in [0, 0.1) is 11.6 Å². The third kappa shape index (κ3) is 4.16. The summed E-state index contributed by atoms with van der Waals surface area (Å²) in [6, 6.07) is 12.2. The Morgan fingerprint density at radius 3 is 2.76 bits per heavy atom. The molecule has 132 valence electrons. The zero-order valence-electron chi connectivity index (χ0n) is 14.3. The molecule has 0 saturated heterocycles. The molecule has 0 aromatic heterocycles. The van der Waals surface area contributed by atoms with Crippen LogP contribution < -0.4 is 10.2 Å². The summed E-state index contributed by atoms with van der Waals surface area (Å²) in [5.74, 6) is -1.12. The Balaban J connectivity index is 1.61. The molecule has 3 nitrogen and oxygen atoms in total. The highest BCUT2D eigenvalue weighted by Gasteiger charge is 2.23. The maximum atomic E-state index is 14.2. The lowest BCUT2D eigenvalue weighted by Gasteiger charge is -2.31. The topological polar surface area (TPSA) is 32.3 Å². The second-order valence-electron chi connectivity index (χ2n) is 6.54. The van der Waals surface area contributed by atoms with Crippen molar-refractivity contribution < 1.29 is 13.6 Å². The van der Waals surface area contributed by atoms with Crippen LogP contribution in [0.1, 0.15) is 30.4 Å². The summed E-state index contributed by atoms with van der Waals surface area (Å²) in [6.07, 6.45) is 1.41. The highest BCUT2D eigenvalue weighted by Crippen LogP contribution is 2.30. The number of halogens is 2. The van der Waals surface area contributed by atoms with Crippen LogP contribution in [0.15, 0.2) is 42.5 Å². The van der Waals surface area contributed by atoms with Gasteiger partial charge in [0.15, 0.2) is 0 Å². The first kappa shape index (κ1) is 17.4. The van der Waals surface area contributed by atoms with E-state index >= 15 is 0 Å². The van der Waals surface area contributed by atoms with Crippen LogP contribution in [-0.4, -0.2) is 25.5 Å². The molecule has 1 atom stereocenters. The fourth-order valence-electron chi connectivity index (χ4n) is 3.29. The SMILES string of the molecule is C[C@@H](CNC(=O)CN1CCCc2cc(F)cc(F)c21)c1ccccc1. The largest absolute Gasteiger partial charge is 0.360 e. The average molecular weight is 344 g/mol. The van der Waals surface area contributed by atoms with Gasteiger partial charge in [-0.3, -0.25) is 4.79 Å². The number of amides is 1. The van der Waals surface area contributed by atoms with Gasteiger partial charge in [-0.05, 0) is 36.0 Å². The second-order valence-corrected chi connectivity index (χ2v) is 6.54. The summed E-state index contributed by atoms with van der Waals surface area (Å²) in [6.45, 7) is 3.25. The van der Waals surface area contributed by atoms with Crippen molar-refractivity contribution in [2.45, 2.75) is 25.7 Å². The molecule has 0 aliphatic carbocycles. The third-order valence-corrected chi connectivity index (χ3v) is 4.61. The van der Waals surface area contributed by atoms with E-state index in [1.54, 1.807) is 4.90 Å². The maximum Gasteiger partial charge on any atom is 0.239 e. The molecule has 0 radical (unpaired) electrons. The van der Waals surface area contributed by atoms with Gasteiger partial charge in [0, 0.05) is 19.2 Å². The quantitative estimate of drug-likeness (QED) is 0.898. The summed E-state index contributed by atoms with van der Waals surface area (Å²) in [5, 5.41) is 2.91. The van der Waals surface area contributed by atoms with Crippen molar-refractivity contribution in [1.82, 2.24) is 5.32 Å². The molecule has 25 heavy (non-hydrogen) atoms. The van der Waals surface area contributed by atoms with E-state index in [1.165, 1.54) is 6.07 Å². The standard InChI is InChI=1S/C20H22F2N2O/c1-14(15-6-3-2-4-7-15)12-23-19(25)13-24-9-5-8-16-10-17(21)11-18(22)20(16)24/h2-4,6-7,10-11,14H,5,8-9,12-13H2,1H3,(H,23,25)/t14-/m0/s1. The number of anilines is 1. The molecule has 0 saturated carbocycles.